The van der Waals surface area contributed by atoms with Crippen molar-refractivity contribution in [2.75, 3.05) is 13.2 Å². The van der Waals surface area contributed by atoms with Crippen LogP contribution in [0.3, 0.4) is 0 Å². The first-order chi connectivity index (χ1) is 41.2. The summed E-state index contributed by atoms with van der Waals surface area (Å²) in [5.74, 6) is -31.4. The van der Waals surface area contributed by atoms with Gasteiger partial charge in [-0.2, -0.15) is 52.7 Å². The van der Waals surface area contributed by atoms with Crippen LogP contribution in [0.2, 0.25) is 0 Å². The van der Waals surface area contributed by atoms with E-state index in [0.717, 1.165) is 74.0 Å². The van der Waals surface area contributed by atoms with E-state index in [1.54, 1.807) is 88.6 Å². The Hall–Kier alpha value is -6.14. The maximum atomic E-state index is 16.5. The average molecular weight is 1270 g/mol. The van der Waals surface area contributed by atoms with Crippen LogP contribution in [-0.4, -0.2) is 57.9 Å². The topological polar surface area (TPSA) is 28.3 Å². The van der Waals surface area contributed by atoms with Crippen molar-refractivity contribution in [2.24, 2.45) is 25.9 Å². The Kier molecular flexibility index (Phi) is 18.3. The molecule has 3 aromatic carbocycles. The standard InChI is InChI=1S/C70H76F12N2O2S2/c1-15-19-21-45(17-3)35-85-55-33-50(28-24-48-26-30-54-52(32-48)60(40(8)84(54)14)64-62(58-38(6)42(10)88-44(58)12)66(73,74)70(81,82)68(64,77)78)56(86-36-46(18-4)22-20-16-2)34-49(55)27-23-47-25-29-53-51(31-47)59(39(7)83(53)13)63-61(57-37(5)41(9)87-43(57)11)65(71,72)69(79,80)67(63,75)76/h23-34,45-46H,15-22,35-36H2,1-14H3. The van der Waals surface area contributed by atoms with Gasteiger partial charge in [-0.25, -0.2) is 0 Å². The number of halogens is 12. The molecule has 0 radical (unpaired) electrons. The van der Waals surface area contributed by atoms with Gasteiger partial charge in [-0.15, -0.1) is 22.7 Å². The summed E-state index contributed by atoms with van der Waals surface area (Å²) in [7, 11) is 3.12. The summed E-state index contributed by atoms with van der Waals surface area (Å²) >= 11 is 2.15. The molecule has 88 heavy (non-hydrogen) atoms. The zero-order chi connectivity index (χ0) is 64.7. The fraction of sp³-hybridized carbons (Fsp3) is 0.457. The van der Waals surface area contributed by atoms with E-state index in [1.165, 1.54) is 62.8 Å². The molecule has 0 aliphatic heterocycles. The lowest BCUT2D eigenvalue weighted by Gasteiger charge is -2.26. The average Bonchev–Trinajstić information content (AvgIpc) is 1.59. The highest BCUT2D eigenvalue weighted by Gasteiger charge is 2.82. The van der Waals surface area contributed by atoms with Gasteiger partial charge in [0, 0.05) is 122 Å². The first kappa shape index (κ1) is 66.3. The molecule has 9 rings (SSSR count). The lowest BCUT2D eigenvalue weighted by atomic mass is 9.91. The second kappa shape index (κ2) is 24.2. The van der Waals surface area contributed by atoms with E-state index in [-0.39, 0.29) is 66.0 Å². The van der Waals surface area contributed by atoms with Crippen molar-refractivity contribution in [1.82, 2.24) is 9.13 Å². The van der Waals surface area contributed by atoms with Gasteiger partial charge in [0.1, 0.15) is 11.5 Å². The van der Waals surface area contributed by atoms with E-state index in [1.807, 2.05) is 0 Å². The Morgan fingerprint density at radius 2 is 0.773 bits per heavy atom. The number of aryl methyl sites for hydroxylation is 6. The van der Waals surface area contributed by atoms with Gasteiger partial charge in [-0.3, -0.25) is 0 Å². The van der Waals surface area contributed by atoms with Gasteiger partial charge >= 0.3 is 35.5 Å². The Balaban J connectivity index is 1.21. The molecule has 474 valence electrons. The van der Waals surface area contributed by atoms with Crippen molar-refractivity contribution >= 4 is 91.1 Å². The number of hydrogen-bond acceptors (Lipinski definition) is 4. The van der Waals surface area contributed by atoms with Crippen molar-refractivity contribution in [3.8, 4) is 11.5 Å². The van der Waals surface area contributed by atoms with Crippen LogP contribution < -0.4 is 9.47 Å². The Morgan fingerprint density at radius 1 is 0.443 bits per heavy atom. The van der Waals surface area contributed by atoms with Crippen molar-refractivity contribution < 1.29 is 62.2 Å². The largest absolute Gasteiger partial charge is 0.493 e. The van der Waals surface area contributed by atoms with Crippen LogP contribution in [0.15, 0.2) is 48.5 Å². The number of nitrogens with zero attached hydrogens (tertiary/aromatic N) is 2. The molecule has 4 heterocycles. The van der Waals surface area contributed by atoms with Gasteiger partial charge in [0.2, 0.25) is 0 Å². The quantitative estimate of drug-likeness (QED) is 0.0500. The van der Waals surface area contributed by atoms with Gasteiger partial charge in [0.25, 0.3) is 0 Å². The monoisotopic (exact) mass is 1270 g/mol. The Morgan fingerprint density at radius 3 is 1.07 bits per heavy atom. The third-order valence-electron chi connectivity index (χ3n) is 18.6. The van der Waals surface area contributed by atoms with Crippen LogP contribution in [0.5, 0.6) is 11.5 Å². The summed E-state index contributed by atoms with van der Waals surface area (Å²) in [5.41, 5.74) is -3.85. The summed E-state index contributed by atoms with van der Waals surface area (Å²) in [6, 6.07) is 13.3. The highest BCUT2D eigenvalue weighted by Crippen LogP contribution is 2.68. The molecule has 18 heteroatoms. The molecule has 4 nitrogen and oxygen atoms in total. The smallest absolute Gasteiger partial charge is 0.380 e. The molecule has 2 aliphatic rings. The molecule has 0 bridgehead atoms. The molecule has 0 spiro atoms. The van der Waals surface area contributed by atoms with Crippen LogP contribution in [-0.2, 0) is 14.1 Å². The molecule has 2 atom stereocenters. The molecule has 0 saturated carbocycles. The maximum Gasteiger partial charge on any atom is 0.380 e. The number of allylic oxidation sites excluding steroid dienone is 4. The van der Waals surface area contributed by atoms with E-state index >= 15 is 52.7 Å². The molecular formula is C70H76F12N2O2S2. The first-order valence-electron chi connectivity index (χ1n) is 30.1. The summed E-state index contributed by atoms with van der Waals surface area (Å²) in [5, 5.41) is 0.128. The molecule has 2 unspecified atom stereocenters. The van der Waals surface area contributed by atoms with Crippen molar-refractivity contribution in [3.05, 3.63) is 135 Å². The third kappa shape index (κ3) is 10.7. The van der Waals surface area contributed by atoms with Crippen molar-refractivity contribution in [3.63, 3.8) is 0 Å². The maximum absolute atomic E-state index is 16.5. The summed E-state index contributed by atoms with van der Waals surface area (Å²) in [6.07, 6.45) is 14.1. The van der Waals surface area contributed by atoms with Gasteiger partial charge in [-0.1, -0.05) is 103 Å². The molecule has 7 aromatic rings. The van der Waals surface area contributed by atoms with E-state index < -0.39 is 69.0 Å². The number of thiophene rings is 2. The second-order valence-corrected chi connectivity index (χ2v) is 26.9. The minimum Gasteiger partial charge on any atom is -0.493 e. The fourth-order valence-electron chi connectivity index (χ4n) is 12.8. The second-order valence-electron chi connectivity index (χ2n) is 24.0. The molecule has 0 saturated heterocycles. The molecule has 0 N–H and O–H groups in total. The van der Waals surface area contributed by atoms with Crippen LogP contribution in [0.4, 0.5) is 52.7 Å². The predicted molar refractivity (Wildman–Crippen MR) is 338 cm³/mol. The van der Waals surface area contributed by atoms with Gasteiger partial charge < -0.3 is 18.6 Å². The van der Waals surface area contributed by atoms with Crippen LogP contribution in [0.25, 0.3) is 68.4 Å². The Bertz CT molecular complexity index is 3720. The van der Waals surface area contributed by atoms with Gasteiger partial charge in [-0.05, 0) is 139 Å². The number of unbranched alkanes of at least 4 members (excludes halogenated alkanes) is 2. The lowest BCUT2D eigenvalue weighted by molar-refractivity contribution is -0.254. The van der Waals surface area contributed by atoms with E-state index in [0.29, 0.717) is 67.8 Å². The minimum atomic E-state index is -5.76. The van der Waals surface area contributed by atoms with Crippen molar-refractivity contribution in [1.29, 1.82) is 0 Å². The van der Waals surface area contributed by atoms with Crippen LogP contribution in [0, 0.1) is 67.2 Å². The predicted octanol–water partition coefficient (Wildman–Crippen LogP) is 22.5. The van der Waals surface area contributed by atoms with Crippen LogP contribution >= 0.6 is 22.7 Å². The number of ether oxygens (including phenoxy) is 2. The highest BCUT2D eigenvalue weighted by atomic mass is 32.1. The zero-order valence-corrected chi connectivity index (χ0v) is 53.8. The highest BCUT2D eigenvalue weighted by molar-refractivity contribution is 7.12. The molecule has 4 aromatic heterocycles. The number of hydrogen-bond donors (Lipinski definition) is 0. The summed E-state index contributed by atoms with van der Waals surface area (Å²) in [6.45, 7) is 21.0. The molecular weight excluding hydrogens is 1190 g/mol. The molecule has 0 amide bonds. The Labute approximate surface area is 515 Å². The molecule has 2 aliphatic carbocycles. The first-order valence-corrected chi connectivity index (χ1v) is 31.7. The number of rotatable bonds is 22. The van der Waals surface area contributed by atoms with Gasteiger partial charge in [0.05, 0.1) is 13.2 Å². The van der Waals surface area contributed by atoms with Crippen molar-refractivity contribution in [2.45, 2.75) is 170 Å². The molecule has 0 fully saturated rings. The van der Waals surface area contributed by atoms with E-state index in [2.05, 4.69) is 27.7 Å². The number of fused-ring (bicyclic) bond motifs is 2. The van der Waals surface area contributed by atoms with Crippen LogP contribution in [0.1, 0.15) is 166 Å². The SMILES string of the molecule is CCCCC(CC)COc1cc(C=Cc2ccc3c(c2)c(C2=C(c4c(C)sc(C)c4C)C(F)(F)C(F)(F)C2(F)F)c(C)n3C)c(OCC(CC)CCCC)cc1C=Cc1ccc2c(c1)c(C1=C(c3c(C)sc(C)c3C)C(F)(F)C(F)(F)C1(F)F)c(C)n2C. The third-order valence-corrected chi connectivity index (χ3v) is 20.8. The van der Waals surface area contributed by atoms with E-state index in [4.69, 9.17) is 9.47 Å². The summed E-state index contributed by atoms with van der Waals surface area (Å²) < 4.78 is 211. The van der Waals surface area contributed by atoms with Gasteiger partial charge in [0.15, 0.2) is 0 Å². The number of aromatic nitrogens is 2. The number of alkyl halides is 12. The fourth-order valence-corrected chi connectivity index (χ4v) is 14.9. The normalized spacial score (nSPS) is 18.4. The lowest BCUT2D eigenvalue weighted by Crippen LogP contribution is -2.49. The summed E-state index contributed by atoms with van der Waals surface area (Å²) in [4.78, 5) is 1.49. The zero-order valence-electron chi connectivity index (χ0n) is 52.2. The minimum absolute atomic E-state index is 0.0640. The van der Waals surface area contributed by atoms with E-state index in [9.17, 15) is 0 Å². The number of benzene rings is 3.